The lowest BCUT2D eigenvalue weighted by molar-refractivity contribution is -0.139. The molecule has 2 N–H and O–H groups in total. The molecule has 1 aliphatic rings. The van der Waals surface area contributed by atoms with Crippen LogP contribution in [0.25, 0.3) is 0 Å². The van der Waals surface area contributed by atoms with E-state index in [2.05, 4.69) is 0 Å². The molecule has 166 valence electrons. The fourth-order valence-electron chi connectivity index (χ4n) is 3.33. The van der Waals surface area contributed by atoms with Gasteiger partial charge < -0.3 is 19.9 Å². The Labute approximate surface area is 182 Å². The number of allylic oxidation sites excluding steroid dienone is 2. The highest BCUT2D eigenvalue weighted by atomic mass is 19.2. The molecule has 0 saturated carbocycles. The molecule has 0 aromatic heterocycles. The lowest BCUT2D eigenvalue weighted by Crippen LogP contribution is -2.25. The summed E-state index contributed by atoms with van der Waals surface area (Å²) in [5.41, 5.74) is 7.16. The summed E-state index contributed by atoms with van der Waals surface area (Å²) in [7, 11) is 0. The quantitative estimate of drug-likeness (QED) is 0.527. The zero-order valence-corrected chi connectivity index (χ0v) is 17.2. The maximum atomic E-state index is 13.4. The first kappa shape index (κ1) is 22.7. The molecule has 0 saturated heterocycles. The van der Waals surface area contributed by atoms with Crippen LogP contribution in [0.3, 0.4) is 0 Å². The molecule has 2 aromatic rings. The Morgan fingerprint density at radius 2 is 1.91 bits per heavy atom. The third-order valence-corrected chi connectivity index (χ3v) is 4.75. The first-order chi connectivity index (χ1) is 15.3. The molecule has 1 atom stereocenters. The van der Waals surface area contributed by atoms with Crippen LogP contribution in [-0.2, 0) is 20.9 Å². The van der Waals surface area contributed by atoms with Crippen molar-refractivity contribution >= 4 is 5.97 Å². The van der Waals surface area contributed by atoms with E-state index in [1.807, 2.05) is 6.07 Å². The molecule has 3 rings (SSSR count). The molecule has 9 heteroatoms. The SMILES string of the molecule is CCOC(=O)C1=C(C)OC(N)=C(C#N)C1c1cccc(COc2cc(F)c(F)c(F)c2)c1. The Morgan fingerprint density at radius 1 is 1.22 bits per heavy atom. The van der Waals surface area contributed by atoms with Crippen LogP contribution in [0.15, 0.2) is 59.2 Å². The number of carbonyl (C=O) groups is 1. The average Bonchev–Trinajstić information content (AvgIpc) is 2.75. The van der Waals surface area contributed by atoms with Gasteiger partial charge in [0.15, 0.2) is 17.5 Å². The molecule has 1 aliphatic heterocycles. The van der Waals surface area contributed by atoms with Crippen LogP contribution < -0.4 is 10.5 Å². The summed E-state index contributed by atoms with van der Waals surface area (Å²) in [6.45, 7) is 3.22. The normalized spacial score (nSPS) is 15.8. The van der Waals surface area contributed by atoms with E-state index < -0.39 is 29.3 Å². The van der Waals surface area contributed by atoms with Gasteiger partial charge in [0.1, 0.15) is 29.8 Å². The van der Waals surface area contributed by atoms with E-state index in [9.17, 15) is 23.2 Å². The summed E-state index contributed by atoms with van der Waals surface area (Å²) in [5, 5.41) is 9.64. The van der Waals surface area contributed by atoms with Crippen LogP contribution in [0, 0.1) is 28.8 Å². The standard InChI is InChI=1S/C23H19F3N2O4/c1-3-30-23(29)19-12(2)32-22(28)16(10-27)20(19)14-6-4-5-13(7-14)11-31-15-8-17(24)21(26)18(25)9-15/h4-9,20H,3,11,28H2,1-2H3. The first-order valence-electron chi connectivity index (χ1n) is 9.58. The summed E-state index contributed by atoms with van der Waals surface area (Å²) in [6, 6.07) is 10.1. The summed E-state index contributed by atoms with van der Waals surface area (Å²) < 4.78 is 55.8. The highest BCUT2D eigenvalue weighted by Gasteiger charge is 2.36. The second-order valence-electron chi connectivity index (χ2n) is 6.85. The number of ether oxygens (including phenoxy) is 3. The Bertz CT molecular complexity index is 1150. The highest BCUT2D eigenvalue weighted by molar-refractivity contribution is 5.92. The summed E-state index contributed by atoms with van der Waals surface area (Å²) in [5.74, 6) is -5.90. The number of esters is 1. The largest absolute Gasteiger partial charge is 0.489 e. The van der Waals surface area contributed by atoms with Crippen molar-refractivity contribution in [3.8, 4) is 11.8 Å². The van der Waals surface area contributed by atoms with Crippen LogP contribution in [0.4, 0.5) is 13.2 Å². The van der Waals surface area contributed by atoms with Gasteiger partial charge in [0.2, 0.25) is 5.88 Å². The van der Waals surface area contributed by atoms with Crippen LogP contribution in [-0.4, -0.2) is 12.6 Å². The Morgan fingerprint density at radius 3 is 2.53 bits per heavy atom. The van der Waals surface area contributed by atoms with E-state index in [1.165, 1.54) is 0 Å². The van der Waals surface area contributed by atoms with Gasteiger partial charge in [-0.2, -0.15) is 5.26 Å². The van der Waals surface area contributed by atoms with Crippen molar-refractivity contribution in [2.24, 2.45) is 5.73 Å². The molecule has 32 heavy (non-hydrogen) atoms. The number of nitrogens with two attached hydrogens (primary N) is 1. The molecule has 0 radical (unpaired) electrons. The number of nitriles is 1. The van der Waals surface area contributed by atoms with Gasteiger partial charge in [-0.25, -0.2) is 18.0 Å². The van der Waals surface area contributed by atoms with Crippen LogP contribution in [0.5, 0.6) is 5.75 Å². The Hall–Kier alpha value is -3.93. The van der Waals surface area contributed by atoms with E-state index in [1.54, 1.807) is 38.1 Å². The molecule has 0 bridgehead atoms. The fourth-order valence-corrected chi connectivity index (χ4v) is 3.33. The molecule has 0 fully saturated rings. The number of hydrogen-bond donors (Lipinski definition) is 1. The molecule has 6 nitrogen and oxygen atoms in total. The molecular weight excluding hydrogens is 425 g/mol. The molecule has 1 heterocycles. The van der Waals surface area contributed by atoms with Crippen molar-refractivity contribution in [3.05, 3.63) is 87.8 Å². The first-order valence-corrected chi connectivity index (χ1v) is 9.58. The lowest BCUT2D eigenvalue weighted by atomic mass is 9.82. The predicted molar refractivity (Wildman–Crippen MR) is 107 cm³/mol. The number of nitrogens with zero attached hydrogens (tertiary/aromatic N) is 1. The lowest BCUT2D eigenvalue weighted by Gasteiger charge is -2.27. The molecule has 0 amide bonds. The fraction of sp³-hybridized carbons (Fsp3) is 0.217. The monoisotopic (exact) mass is 444 g/mol. The van der Waals surface area contributed by atoms with Crippen molar-refractivity contribution in [2.75, 3.05) is 6.61 Å². The van der Waals surface area contributed by atoms with Gasteiger partial charge in [-0.15, -0.1) is 0 Å². The third-order valence-electron chi connectivity index (χ3n) is 4.75. The van der Waals surface area contributed by atoms with Gasteiger partial charge >= 0.3 is 5.97 Å². The predicted octanol–water partition coefficient (Wildman–Crippen LogP) is 4.33. The molecule has 2 aromatic carbocycles. The maximum absolute atomic E-state index is 13.4. The van der Waals surface area contributed by atoms with Crippen molar-refractivity contribution in [1.29, 1.82) is 5.26 Å². The number of rotatable bonds is 6. The third kappa shape index (κ3) is 4.54. The van der Waals surface area contributed by atoms with Gasteiger partial charge in [-0.1, -0.05) is 24.3 Å². The van der Waals surface area contributed by atoms with Crippen molar-refractivity contribution in [1.82, 2.24) is 0 Å². The zero-order chi connectivity index (χ0) is 23.4. The van der Waals surface area contributed by atoms with Crippen LogP contribution in [0.2, 0.25) is 0 Å². The van der Waals surface area contributed by atoms with Crippen molar-refractivity contribution in [2.45, 2.75) is 26.4 Å². The van der Waals surface area contributed by atoms with Gasteiger partial charge in [0.05, 0.1) is 18.1 Å². The minimum atomic E-state index is -1.58. The molecule has 0 spiro atoms. The summed E-state index contributed by atoms with van der Waals surface area (Å²) in [6.07, 6.45) is 0. The zero-order valence-electron chi connectivity index (χ0n) is 17.2. The van der Waals surface area contributed by atoms with Crippen LogP contribution in [0.1, 0.15) is 30.9 Å². The smallest absolute Gasteiger partial charge is 0.338 e. The topological polar surface area (TPSA) is 94.6 Å². The second kappa shape index (κ2) is 9.47. The number of carbonyl (C=O) groups excluding carboxylic acids is 1. The molecule has 0 aliphatic carbocycles. The summed E-state index contributed by atoms with van der Waals surface area (Å²) in [4.78, 5) is 12.6. The highest BCUT2D eigenvalue weighted by Crippen LogP contribution is 2.39. The van der Waals surface area contributed by atoms with Gasteiger partial charge in [-0.3, -0.25) is 0 Å². The minimum absolute atomic E-state index is 0.0411. The maximum Gasteiger partial charge on any atom is 0.338 e. The second-order valence-corrected chi connectivity index (χ2v) is 6.85. The van der Waals surface area contributed by atoms with Gasteiger partial charge in [0, 0.05) is 12.1 Å². The number of hydrogen-bond acceptors (Lipinski definition) is 6. The van der Waals surface area contributed by atoms with E-state index >= 15 is 0 Å². The molecular formula is C23H19F3N2O4. The van der Waals surface area contributed by atoms with Gasteiger partial charge in [-0.05, 0) is 25.0 Å². The Balaban J connectivity index is 1.94. The van der Waals surface area contributed by atoms with Gasteiger partial charge in [0.25, 0.3) is 0 Å². The Kier molecular flexibility index (Phi) is 6.73. The number of benzene rings is 2. The van der Waals surface area contributed by atoms with Crippen molar-refractivity contribution in [3.63, 3.8) is 0 Å². The number of halogens is 3. The van der Waals surface area contributed by atoms with E-state index in [0.717, 1.165) is 12.1 Å². The average molecular weight is 444 g/mol. The van der Waals surface area contributed by atoms with E-state index in [0.29, 0.717) is 11.1 Å². The van der Waals surface area contributed by atoms with E-state index in [-0.39, 0.29) is 41.8 Å². The summed E-state index contributed by atoms with van der Waals surface area (Å²) >= 11 is 0. The minimum Gasteiger partial charge on any atom is -0.489 e. The van der Waals surface area contributed by atoms with Crippen LogP contribution >= 0.6 is 0 Å². The van der Waals surface area contributed by atoms with Crippen molar-refractivity contribution < 1.29 is 32.2 Å². The molecule has 1 unspecified atom stereocenters. The van der Waals surface area contributed by atoms with E-state index in [4.69, 9.17) is 19.9 Å².